The van der Waals surface area contributed by atoms with Gasteiger partial charge in [0, 0.05) is 6.04 Å². The molecule has 0 aliphatic heterocycles. The number of hydrogen-bond donors (Lipinski definition) is 4. The minimum Gasteiger partial charge on any atom is -0.306 e. The molecule has 0 spiro atoms. The summed E-state index contributed by atoms with van der Waals surface area (Å²) in [6, 6.07) is 14.3. The molecule has 1 fully saturated rings. The summed E-state index contributed by atoms with van der Waals surface area (Å²) in [5, 5.41) is 0. The van der Waals surface area contributed by atoms with Crippen molar-refractivity contribution in [2.24, 2.45) is 5.73 Å². The molecule has 2 unspecified atom stereocenters. The Hall–Kier alpha value is -0.950. The molecule has 1 aliphatic carbocycles. The topological polar surface area (TPSA) is 130 Å². The molecule has 196 valence electrons. The van der Waals surface area contributed by atoms with Crippen LogP contribution in [0.3, 0.4) is 0 Å². The molecule has 0 amide bonds. The van der Waals surface area contributed by atoms with Crippen LogP contribution in [0.15, 0.2) is 60.7 Å². The summed E-state index contributed by atoms with van der Waals surface area (Å²) in [5.74, 6) is 0. The Labute approximate surface area is 223 Å². The zero-order valence-electron chi connectivity index (χ0n) is 18.1. The van der Waals surface area contributed by atoms with E-state index in [9.17, 15) is 16.8 Å². The summed E-state index contributed by atoms with van der Waals surface area (Å²) in [5.41, 5.74) is 9.95. The fourth-order valence-electron chi connectivity index (χ4n) is 3.94. The Morgan fingerprint density at radius 2 is 1.34 bits per heavy atom. The molecule has 0 radical (unpaired) electrons. The number of benzene rings is 2. The van der Waals surface area contributed by atoms with Gasteiger partial charge in [0.15, 0.2) is 4.87 Å². The van der Waals surface area contributed by atoms with Crippen molar-refractivity contribution >= 4 is 54.8 Å². The first kappa shape index (κ1) is 30.3. The van der Waals surface area contributed by atoms with Crippen LogP contribution in [-0.4, -0.2) is 26.0 Å². The number of nitrogens with two attached hydrogens (primary N) is 1. The van der Waals surface area contributed by atoms with E-state index in [2.05, 4.69) is 15.0 Å². The second-order valence-corrected chi connectivity index (χ2v) is 14.8. The number of hydrazine groups is 1. The van der Waals surface area contributed by atoms with E-state index in [0.29, 0.717) is 0 Å². The molecule has 0 saturated heterocycles. The maximum atomic E-state index is 13.8. The van der Waals surface area contributed by atoms with Crippen molar-refractivity contribution in [2.45, 2.75) is 59.6 Å². The molecule has 1 aliphatic rings. The van der Waals surface area contributed by atoms with Gasteiger partial charge in [-0.2, -0.15) is 0 Å². The second-order valence-electron chi connectivity index (χ2n) is 8.15. The lowest BCUT2D eigenvalue weighted by Crippen LogP contribution is -2.62. The van der Waals surface area contributed by atoms with Crippen LogP contribution in [0.5, 0.6) is 0 Å². The molecule has 8 nitrogen and oxygen atoms in total. The largest absolute Gasteiger partial charge is 0.306 e. The fourth-order valence-corrected chi connectivity index (χ4v) is 6.62. The fraction of sp³-hybridized carbons (Fsp3) is 0.455. The van der Waals surface area contributed by atoms with Gasteiger partial charge in [-0.25, -0.2) is 27.0 Å². The van der Waals surface area contributed by atoms with Gasteiger partial charge in [0.25, 0.3) is 10.0 Å². The SMILES string of the molecule is C.NC(c1ccccc1)(C(NS(=O)(=O)C(Cl)(Cl)Cl)c1ccccc1)S(=O)(=O)NNC1CCCCC1. The highest BCUT2D eigenvalue weighted by Crippen LogP contribution is 2.41. The zero-order chi connectivity index (χ0) is 25.0. The second kappa shape index (κ2) is 12.1. The standard InChI is InChI=1S/C21H27Cl3N4O4S2.CH4/c22-21(23,24)34(31,32)27-19(16-10-4-1-5-11-16)20(25,17-12-6-2-7-13-17)33(29,30)28-26-18-14-8-3-9-15-18;/h1-2,4-7,10-13,18-19,26-28H,3,8-9,14-15,25H2;1H4. The Bertz CT molecular complexity index is 1160. The predicted octanol–water partition coefficient (Wildman–Crippen LogP) is 4.18. The minimum absolute atomic E-state index is 0. The Kier molecular flexibility index (Phi) is 10.4. The van der Waals surface area contributed by atoms with Crippen LogP contribution in [0.4, 0.5) is 0 Å². The minimum atomic E-state index is -4.68. The van der Waals surface area contributed by atoms with Crippen LogP contribution < -0.4 is 20.7 Å². The highest BCUT2D eigenvalue weighted by atomic mass is 35.6. The highest BCUT2D eigenvalue weighted by molar-refractivity contribution is 7.95. The van der Waals surface area contributed by atoms with Gasteiger partial charge in [0.2, 0.25) is 10.0 Å². The molecule has 1 saturated carbocycles. The lowest BCUT2D eigenvalue weighted by atomic mass is 9.94. The third-order valence-corrected chi connectivity index (χ3v) is 10.5. The van der Waals surface area contributed by atoms with Crippen molar-refractivity contribution in [3.05, 3.63) is 71.8 Å². The average molecular weight is 586 g/mol. The van der Waals surface area contributed by atoms with E-state index in [1.54, 1.807) is 48.5 Å². The van der Waals surface area contributed by atoms with Gasteiger partial charge in [-0.05, 0) is 24.0 Å². The van der Waals surface area contributed by atoms with Gasteiger partial charge < -0.3 is 5.73 Å². The molecule has 2 aromatic rings. The van der Waals surface area contributed by atoms with Crippen LogP contribution in [0, 0.1) is 0 Å². The first-order valence-corrected chi connectivity index (χ1v) is 14.7. The van der Waals surface area contributed by atoms with Crippen LogP contribution in [0.1, 0.15) is 56.7 Å². The van der Waals surface area contributed by atoms with Crippen molar-refractivity contribution in [2.75, 3.05) is 0 Å². The molecule has 13 heteroatoms. The van der Waals surface area contributed by atoms with E-state index in [1.165, 1.54) is 12.1 Å². The normalized spacial score (nSPS) is 18.3. The van der Waals surface area contributed by atoms with Gasteiger partial charge in [-0.1, -0.05) is 122 Å². The molecule has 2 aromatic carbocycles. The first-order chi connectivity index (χ1) is 15.9. The van der Waals surface area contributed by atoms with Gasteiger partial charge >= 0.3 is 3.12 Å². The number of nitrogens with one attached hydrogen (secondary N) is 3. The van der Waals surface area contributed by atoms with E-state index >= 15 is 0 Å². The molecular formula is C22H31Cl3N4O4S2. The lowest BCUT2D eigenvalue weighted by molar-refractivity contribution is 0.352. The zero-order valence-corrected chi connectivity index (χ0v) is 22.0. The van der Waals surface area contributed by atoms with Gasteiger partial charge in [0.05, 0.1) is 6.04 Å². The lowest BCUT2D eigenvalue weighted by Gasteiger charge is -2.38. The molecule has 0 bridgehead atoms. The van der Waals surface area contributed by atoms with Crippen LogP contribution in [-0.2, 0) is 24.9 Å². The molecule has 0 aromatic heterocycles. The summed E-state index contributed by atoms with van der Waals surface area (Å²) in [6.07, 6.45) is 4.63. The number of sulfonamides is 2. The Morgan fingerprint density at radius 1 is 0.829 bits per heavy atom. The Morgan fingerprint density at radius 3 is 1.86 bits per heavy atom. The van der Waals surface area contributed by atoms with Gasteiger partial charge in [0.1, 0.15) is 0 Å². The van der Waals surface area contributed by atoms with Crippen LogP contribution in [0.2, 0.25) is 0 Å². The summed E-state index contributed by atoms with van der Waals surface area (Å²) in [4.78, 5) is 0.0729. The maximum Gasteiger partial charge on any atom is 0.306 e. The third kappa shape index (κ3) is 6.88. The van der Waals surface area contributed by atoms with Crippen LogP contribution >= 0.6 is 34.8 Å². The van der Waals surface area contributed by atoms with Gasteiger partial charge in [-0.15, -0.1) is 4.83 Å². The monoisotopic (exact) mass is 584 g/mol. The van der Waals surface area contributed by atoms with Crippen molar-refractivity contribution < 1.29 is 16.8 Å². The number of rotatable bonds is 9. The first-order valence-electron chi connectivity index (χ1n) is 10.6. The summed E-state index contributed by atoms with van der Waals surface area (Å²) < 4.78 is 52.8. The van der Waals surface area contributed by atoms with E-state index in [-0.39, 0.29) is 24.6 Å². The summed E-state index contributed by atoms with van der Waals surface area (Å²) in [7, 11) is -9.16. The predicted molar refractivity (Wildman–Crippen MR) is 143 cm³/mol. The van der Waals surface area contributed by atoms with E-state index in [4.69, 9.17) is 40.5 Å². The summed E-state index contributed by atoms with van der Waals surface area (Å²) in [6.45, 7) is 0. The number of halogens is 3. The van der Waals surface area contributed by atoms with Crippen molar-refractivity contribution in [3.63, 3.8) is 0 Å². The Balaban J connectivity index is 0.00000432. The molecule has 0 heterocycles. The summed E-state index contributed by atoms with van der Waals surface area (Å²) >= 11 is 17.1. The van der Waals surface area contributed by atoms with Crippen LogP contribution in [0.25, 0.3) is 0 Å². The molecular weight excluding hydrogens is 555 g/mol. The average Bonchev–Trinajstić information content (AvgIpc) is 2.82. The van der Waals surface area contributed by atoms with E-state index in [1.807, 2.05) is 0 Å². The number of hydrogen-bond acceptors (Lipinski definition) is 6. The van der Waals surface area contributed by atoms with Crippen molar-refractivity contribution in [3.8, 4) is 0 Å². The van der Waals surface area contributed by atoms with Crippen molar-refractivity contribution in [1.82, 2.24) is 15.0 Å². The van der Waals surface area contributed by atoms with Crippen molar-refractivity contribution in [1.29, 1.82) is 0 Å². The van der Waals surface area contributed by atoms with Gasteiger partial charge in [-0.3, -0.25) is 0 Å². The number of alkyl halides is 3. The quantitative estimate of drug-likeness (QED) is 0.258. The highest BCUT2D eigenvalue weighted by Gasteiger charge is 2.53. The molecule has 2 atom stereocenters. The molecule has 3 rings (SSSR count). The smallest absolute Gasteiger partial charge is 0.306 e. The molecule has 35 heavy (non-hydrogen) atoms. The maximum absolute atomic E-state index is 13.8. The third-order valence-electron chi connectivity index (χ3n) is 5.81. The molecule has 5 N–H and O–H groups in total. The van der Waals surface area contributed by atoms with E-state index in [0.717, 1.165) is 32.1 Å². The van der Waals surface area contributed by atoms with E-state index < -0.39 is 34.1 Å².